The number of aromatic nitrogens is 2. The Labute approximate surface area is 181 Å². The number of aromatic hydroxyl groups is 1. The van der Waals surface area contributed by atoms with Gasteiger partial charge in [0.15, 0.2) is 11.3 Å². The second-order valence-corrected chi connectivity index (χ2v) is 7.12. The van der Waals surface area contributed by atoms with Gasteiger partial charge < -0.3 is 14.8 Å². The Kier molecular flexibility index (Phi) is 5.68. The molecule has 4 rings (SSSR count). The summed E-state index contributed by atoms with van der Waals surface area (Å²) in [5.74, 6) is -2.30. The van der Waals surface area contributed by atoms with Crippen molar-refractivity contribution in [2.45, 2.75) is 13.3 Å². The van der Waals surface area contributed by atoms with Crippen LogP contribution in [-0.4, -0.2) is 27.7 Å². The number of benzene rings is 2. The average Bonchev–Trinajstić information content (AvgIpc) is 2.75. The van der Waals surface area contributed by atoms with E-state index in [0.29, 0.717) is 23.1 Å². The summed E-state index contributed by atoms with van der Waals surface area (Å²) in [6, 6.07) is 11.8. The second kappa shape index (κ2) is 8.58. The summed E-state index contributed by atoms with van der Waals surface area (Å²) in [4.78, 5) is 31.1. The van der Waals surface area contributed by atoms with Gasteiger partial charge in [-0.2, -0.15) is 0 Å². The van der Waals surface area contributed by atoms with Gasteiger partial charge in [0, 0.05) is 11.8 Å². The first kappa shape index (κ1) is 21.2. The number of ether oxygens (including phenoxy) is 1. The molecule has 2 aromatic heterocycles. The second-order valence-electron chi connectivity index (χ2n) is 7.12. The van der Waals surface area contributed by atoms with Crippen LogP contribution in [-0.2, 0) is 11.2 Å². The van der Waals surface area contributed by atoms with Crippen LogP contribution in [0.4, 0.5) is 8.78 Å². The summed E-state index contributed by atoms with van der Waals surface area (Å²) in [7, 11) is 0. The highest BCUT2D eigenvalue weighted by atomic mass is 19.1. The van der Waals surface area contributed by atoms with Crippen molar-refractivity contribution < 1.29 is 23.4 Å². The monoisotopic (exact) mass is 436 g/mol. The third kappa shape index (κ3) is 4.07. The van der Waals surface area contributed by atoms with E-state index in [1.165, 1.54) is 30.5 Å². The molecular formula is C24H18F2N2O4. The maximum Gasteiger partial charge on any atom is 0.347 e. The molecule has 0 aliphatic rings. The normalized spacial score (nSPS) is 11.0. The Morgan fingerprint density at radius 3 is 2.53 bits per heavy atom. The zero-order valence-corrected chi connectivity index (χ0v) is 17.0. The molecule has 8 heteroatoms. The van der Waals surface area contributed by atoms with Crippen LogP contribution in [0.2, 0.25) is 0 Å². The maximum atomic E-state index is 14.0. The van der Waals surface area contributed by atoms with Crippen molar-refractivity contribution in [2.75, 3.05) is 6.61 Å². The Hall–Kier alpha value is -4.07. The van der Waals surface area contributed by atoms with Crippen LogP contribution in [0.5, 0.6) is 5.75 Å². The summed E-state index contributed by atoms with van der Waals surface area (Å²) in [6.07, 6.45) is 1.80. The average molecular weight is 436 g/mol. The first-order chi connectivity index (χ1) is 15.4. The molecule has 0 spiro atoms. The van der Waals surface area contributed by atoms with Gasteiger partial charge >= 0.3 is 5.97 Å². The fourth-order valence-corrected chi connectivity index (χ4v) is 3.51. The molecule has 0 radical (unpaired) electrons. The van der Waals surface area contributed by atoms with Gasteiger partial charge in [0.05, 0.1) is 12.1 Å². The minimum absolute atomic E-state index is 0.0265. The van der Waals surface area contributed by atoms with Gasteiger partial charge in [0.25, 0.3) is 5.56 Å². The maximum absolute atomic E-state index is 14.0. The first-order valence-electron chi connectivity index (χ1n) is 9.82. The van der Waals surface area contributed by atoms with E-state index in [1.54, 1.807) is 31.2 Å². The molecule has 0 amide bonds. The van der Waals surface area contributed by atoms with Crippen LogP contribution < -0.4 is 5.56 Å². The number of carbonyl (C=O) groups is 1. The first-order valence-corrected chi connectivity index (χ1v) is 9.82. The molecule has 0 bridgehead atoms. The van der Waals surface area contributed by atoms with E-state index in [-0.39, 0.29) is 23.5 Å². The third-order valence-electron chi connectivity index (χ3n) is 4.99. The number of halogens is 2. The highest BCUT2D eigenvalue weighted by Gasteiger charge is 2.21. The Bertz CT molecular complexity index is 1380. The number of hydrogen-bond donors (Lipinski definition) is 2. The summed E-state index contributed by atoms with van der Waals surface area (Å²) < 4.78 is 32.0. The van der Waals surface area contributed by atoms with Crippen LogP contribution in [0.15, 0.2) is 59.5 Å². The lowest BCUT2D eigenvalue weighted by Crippen LogP contribution is -2.20. The molecule has 2 heterocycles. The minimum atomic E-state index is -0.945. The number of carbonyl (C=O) groups excluding carboxylic acids is 1. The van der Waals surface area contributed by atoms with Crippen LogP contribution in [0.3, 0.4) is 0 Å². The van der Waals surface area contributed by atoms with Crippen molar-refractivity contribution in [2.24, 2.45) is 0 Å². The molecule has 0 unspecified atom stereocenters. The van der Waals surface area contributed by atoms with E-state index in [9.17, 15) is 23.5 Å². The van der Waals surface area contributed by atoms with E-state index in [2.05, 4.69) is 9.97 Å². The number of esters is 1. The molecule has 0 saturated heterocycles. The molecule has 0 aliphatic carbocycles. The molecule has 2 aromatic carbocycles. The fraction of sp³-hybridized carbons (Fsp3) is 0.125. The van der Waals surface area contributed by atoms with Crippen molar-refractivity contribution in [1.29, 1.82) is 0 Å². The molecule has 2 N–H and O–H groups in total. The number of H-pyrrole nitrogens is 1. The number of nitrogens with one attached hydrogen (secondary N) is 1. The molecule has 162 valence electrons. The largest absolute Gasteiger partial charge is 0.505 e. The van der Waals surface area contributed by atoms with Gasteiger partial charge in [-0.1, -0.05) is 18.2 Å². The molecule has 4 aromatic rings. The van der Waals surface area contributed by atoms with Crippen LogP contribution in [0.25, 0.3) is 22.2 Å². The van der Waals surface area contributed by atoms with Gasteiger partial charge in [-0.25, -0.2) is 13.6 Å². The van der Waals surface area contributed by atoms with Crippen LogP contribution in [0, 0.1) is 11.6 Å². The topological polar surface area (TPSA) is 92.3 Å². The SMILES string of the molecule is CCOC(=O)c1c(O)c2ncc(-c3ccc(F)cc3Cc3ccc(F)cc3)cc2[nH]c1=O. The van der Waals surface area contributed by atoms with E-state index >= 15 is 0 Å². The third-order valence-corrected chi connectivity index (χ3v) is 4.99. The van der Waals surface area contributed by atoms with Gasteiger partial charge in [-0.15, -0.1) is 0 Å². The van der Waals surface area contributed by atoms with Crippen LogP contribution >= 0.6 is 0 Å². The van der Waals surface area contributed by atoms with E-state index in [4.69, 9.17) is 4.74 Å². The number of aromatic amines is 1. The lowest BCUT2D eigenvalue weighted by molar-refractivity contribution is 0.0521. The van der Waals surface area contributed by atoms with E-state index < -0.39 is 28.7 Å². The highest BCUT2D eigenvalue weighted by molar-refractivity contribution is 5.98. The molecule has 6 nitrogen and oxygen atoms in total. The van der Waals surface area contributed by atoms with Crippen molar-refractivity contribution in [3.63, 3.8) is 0 Å². The van der Waals surface area contributed by atoms with Gasteiger partial charge in [0.2, 0.25) is 0 Å². The lowest BCUT2D eigenvalue weighted by atomic mass is 9.95. The summed E-state index contributed by atoms with van der Waals surface area (Å²) >= 11 is 0. The summed E-state index contributed by atoms with van der Waals surface area (Å²) in [5.41, 5.74) is 1.54. The summed E-state index contributed by atoms with van der Waals surface area (Å²) in [6.45, 7) is 1.63. The molecule has 0 saturated carbocycles. The highest BCUT2D eigenvalue weighted by Crippen LogP contribution is 2.30. The van der Waals surface area contributed by atoms with Gasteiger partial charge in [-0.05, 0) is 60.4 Å². The van der Waals surface area contributed by atoms with Crippen molar-refractivity contribution >= 4 is 17.0 Å². The predicted molar refractivity (Wildman–Crippen MR) is 115 cm³/mol. The number of hydrogen-bond acceptors (Lipinski definition) is 5. The summed E-state index contributed by atoms with van der Waals surface area (Å²) in [5, 5.41) is 10.4. The number of rotatable bonds is 5. The smallest absolute Gasteiger partial charge is 0.347 e. The molecule has 32 heavy (non-hydrogen) atoms. The predicted octanol–water partition coefficient (Wildman–Crippen LogP) is 4.34. The molecule has 0 aliphatic heterocycles. The standard InChI is InChI=1S/C24H18F2N2O4/c1-2-32-24(31)20-22(29)21-19(28-23(20)30)11-15(12-27-21)18-8-7-17(26)10-14(18)9-13-3-5-16(25)6-4-13/h3-8,10-12H,2,9H2,1H3,(H2,28,29,30). The Morgan fingerprint density at radius 2 is 1.81 bits per heavy atom. The quantitative estimate of drug-likeness (QED) is 0.454. The number of pyridine rings is 2. The van der Waals surface area contributed by atoms with Crippen LogP contribution in [0.1, 0.15) is 28.4 Å². The van der Waals surface area contributed by atoms with Gasteiger partial charge in [0.1, 0.15) is 17.2 Å². The van der Waals surface area contributed by atoms with Crippen molar-refractivity contribution in [3.8, 4) is 16.9 Å². The fourth-order valence-electron chi connectivity index (χ4n) is 3.51. The van der Waals surface area contributed by atoms with Crippen molar-refractivity contribution in [3.05, 3.63) is 93.4 Å². The Morgan fingerprint density at radius 1 is 1.09 bits per heavy atom. The van der Waals surface area contributed by atoms with Crippen molar-refractivity contribution in [1.82, 2.24) is 9.97 Å². The molecular weight excluding hydrogens is 418 g/mol. The van der Waals surface area contributed by atoms with Gasteiger partial charge in [-0.3, -0.25) is 9.78 Å². The zero-order valence-electron chi connectivity index (χ0n) is 17.0. The zero-order chi connectivity index (χ0) is 22.8. The molecule has 0 fully saturated rings. The number of nitrogens with zero attached hydrogens (tertiary/aromatic N) is 1. The lowest BCUT2D eigenvalue weighted by Gasteiger charge is -2.12. The van der Waals surface area contributed by atoms with E-state index in [1.807, 2.05) is 0 Å². The van der Waals surface area contributed by atoms with E-state index in [0.717, 1.165) is 5.56 Å². The number of fused-ring (bicyclic) bond motifs is 1. The minimum Gasteiger partial charge on any atom is -0.505 e. The Balaban J connectivity index is 1.80. The molecule has 0 atom stereocenters.